The molecule has 0 radical (unpaired) electrons. The van der Waals surface area contributed by atoms with Crippen LogP contribution in [0.5, 0.6) is 5.75 Å². The molecule has 1 aromatic heterocycles. The lowest BCUT2D eigenvalue weighted by Crippen LogP contribution is -2.06. The summed E-state index contributed by atoms with van der Waals surface area (Å²) in [6, 6.07) is 11.7. The molecule has 3 aromatic rings. The molecule has 1 atom stereocenters. The number of carbonyl (C=O) groups is 1. The van der Waals surface area contributed by atoms with E-state index >= 15 is 0 Å². The molecule has 0 fully saturated rings. The standard InChI is InChI=1S/C22H19F3N2O4/c1-3-29-18-10-7-15(8-11-18)9-12-19(28)30-14(2)21-26-20(27-31-21)16-5-4-6-17(13-16)22(23,24)25/h4-14H,3H2,1-2H3/b12-9+. The number of aromatic nitrogens is 2. The molecule has 3 rings (SSSR count). The van der Waals surface area contributed by atoms with Crippen LogP contribution in [0.15, 0.2) is 59.1 Å². The zero-order chi connectivity index (χ0) is 22.4. The van der Waals surface area contributed by atoms with Crippen molar-refractivity contribution in [2.45, 2.75) is 26.1 Å². The van der Waals surface area contributed by atoms with Crippen molar-refractivity contribution in [2.75, 3.05) is 6.61 Å². The molecular weight excluding hydrogens is 413 g/mol. The lowest BCUT2D eigenvalue weighted by atomic mass is 10.1. The Hall–Kier alpha value is -3.62. The van der Waals surface area contributed by atoms with E-state index < -0.39 is 23.8 Å². The molecule has 0 amide bonds. The third-order valence-corrected chi connectivity index (χ3v) is 4.13. The molecule has 31 heavy (non-hydrogen) atoms. The van der Waals surface area contributed by atoms with Gasteiger partial charge >= 0.3 is 12.1 Å². The highest BCUT2D eigenvalue weighted by molar-refractivity contribution is 5.87. The maximum Gasteiger partial charge on any atom is 0.416 e. The summed E-state index contributed by atoms with van der Waals surface area (Å²) in [5.41, 5.74) is 0.0895. The lowest BCUT2D eigenvalue weighted by molar-refractivity contribution is -0.143. The van der Waals surface area contributed by atoms with Gasteiger partial charge in [-0.1, -0.05) is 29.4 Å². The van der Waals surface area contributed by atoms with E-state index in [0.717, 1.165) is 23.4 Å². The Morgan fingerprint density at radius 3 is 2.61 bits per heavy atom. The highest BCUT2D eigenvalue weighted by Gasteiger charge is 2.31. The Balaban J connectivity index is 1.63. The van der Waals surface area contributed by atoms with E-state index in [0.29, 0.717) is 6.61 Å². The maximum absolute atomic E-state index is 12.9. The van der Waals surface area contributed by atoms with Gasteiger partial charge in [-0.15, -0.1) is 0 Å². The van der Waals surface area contributed by atoms with Gasteiger partial charge in [-0.3, -0.25) is 0 Å². The fourth-order valence-corrected chi connectivity index (χ4v) is 2.62. The van der Waals surface area contributed by atoms with Gasteiger partial charge in [0.15, 0.2) is 6.10 Å². The van der Waals surface area contributed by atoms with Crippen molar-refractivity contribution >= 4 is 12.0 Å². The number of alkyl halides is 3. The minimum Gasteiger partial charge on any atom is -0.494 e. The molecule has 0 aliphatic rings. The van der Waals surface area contributed by atoms with Crippen molar-refractivity contribution in [3.63, 3.8) is 0 Å². The molecule has 0 bridgehead atoms. The monoisotopic (exact) mass is 432 g/mol. The Bertz CT molecular complexity index is 1060. The van der Waals surface area contributed by atoms with Crippen LogP contribution in [0.25, 0.3) is 17.5 Å². The van der Waals surface area contributed by atoms with Gasteiger partial charge in [0.1, 0.15) is 5.75 Å². The molecule has 0 N–H and O–H groups in total. The molecule has 9 heteroatoms. The second-order valence-corrected chi connectivity index (χ2v) is 6.45. The largest absolute Gasteiger partial charge is 0.494 e. The Morgan fingerprint density at radius 2 is 1.94 bits per heavy atom. The molecule has 0 aliphatic carbocycles. The van der Waals surface area contributed by atoms with Gasteiger partial charge < -0.3 is 14.0 Å². The quantitative estimate of drug-likeness (QED) is 0.364. The second-order valence-electron chi connectivity index (χ2n) is 6.45. The van der Waals surface area contributed by atoms with Crippen molar-refractivity contribution in [1.29, 1.82) is 0 Å². The van der Waals surface area contributed by atoms with Gasteiger partial charge in [0.2, 0.25) is 5.82 Å². The minimum atomic E-state index is -4.49. The van der Waals surface area contributed by atoms with Crippen LogP contribution in [0.4, 0.5) is 13.2 Å². The molecule has 0 aliphatic heterocycles. The zero-order valence-electron chi connectivity index (χ0n) is 16.7. The summed E-state index contributed by atoms with van der Waals surface area (Å²) in [5, 5.41) is 3.68. The summed E-state index contributed by atoms with van der Waals surface area (Å²) in [7, 11) is 0. The van der Waals surface area contributed by atoms with Crippen LogP contribution >= 0.6 is 0 Å². The maximum atomic E-state index is 12.9. The third kappa shape index (κ3) is 5.94. The van der Waals surface area contributed by atoms with Gasteiger partial charge in [0.05, 0.1) is 12.2 Å². The molecule has 0 saturated carbocycles. The Kier molecular flexibility index (Phi) is 6.74. The van der Waals surface area contributed by atoms with E-state index in [-0.39, 0.29) is 17.3 Å². The van der Waals surface area contributed by atoms with Crippen molar-refractivity contribution < 1.29 is 32.0 Å². The van der Waals surface area contributed by atoms with Gasteiger partial charge in [-0.25, -0.2) is 4.79 Å². The SMILES string of the molecule is CCOc1ccc(/C=C/C(=O)OC(C)c2nc(-c3cccc(C(F)(F)F)c3)no2)cc1. The number of hydrogen-bond acceptors (Lipinski definition) is 6. The van der Waals surface area contributed by atoms with Gasteiger partial charge in [0.25, 0.3) is 5.89 Å². The van der Waals surface area contributed by atoms with Crippen LogP contribution < -0.4 is 4.74 Å². The predicted molar refractivity (Wildman–Crippen MR) is 106 cm³/mol. The molecule has 2 aromatic carbocycles. The number of carbonyl (C=O) groups excluding carboxylic acids is 1. The number of benzene rings is 2. The Morgan fingerprint density at radius 1 is 1.19 bits per heavy atom. The van der Waals surface area contributed by atoms with E-state index in [9.17, 15) is 18.0 Å². The van der Waals surface area contributed by atoms with E-state index in [1.807, 2.05) is 6.92 Å². The summed E-state index contributed by atoms with van der Waals surface area (Å²) in [5.74, 6) is 0.0215. The molecular formula is C22H19F3N2O4. The van der Waals surface area contributed by atoms with E-state index in [4.69, 9.17) is 14.0 Å². The van der Waals surface area contributed by atoms with E-state index in [1.165, 1.54) is 25.1 Å². The number of ether oxygens (including phenoxy) is 2. The lowest BCUT2D eigenvalue weighted by Gasteiger charge is -2.07. The second kappa shape index (κ2) is 9.46. The number of hydrogen-bond donors (Lipinski definition) is 0. The van der Waals surface area contributed by atoms with Gasteiger partial charge in [0, 0.05) is 11.6 Å². The first-order valence-corrected chi connectivity index (χ1v) is 9.39. The van der Waals surface area contributed by atoms with Gasteiger partial charge in [-0.2, -0.15) is 18.2 Å². The first-order valence-electron chi connectivity index (χ1n) is 9.39. The average molecular weight is 432 g/mol. The number of esters is 1. The Labute approximate surface area is 176 Å². The van der Waals surface area contributed by atoms with E-state index in [2.05, 4.69) is 10.1 Å². The van der Waals surface area contributed by atoms with Crippen LogP contribution in [-0.2, 0) is 15.7 Å². The molecule has 1 heterocycles. The third-order valence-electron chi connectivity index (χ3n) is 4.13. The summed E-state index contributed by atoms with van der Waals surface area (Å²) in [4.78, 5) is 16.1. The topological polar surface area (TPSA) is 74.5 Å². The van der Waals surface area contributed by atoms with Crippen LogP contribution in [-0.4, -0.2) is 22.7 Å². The average Bonchev–Trinajstić information content (AvgIpc) is 3.23. The summed E-state index contributed by atoms with van der Waals surface area (Å²) in [6.07, 6.45) is -2.55. The molecule has 0 saturated heterocycles. The van der Waals surface area contributed by atoms with Crippen molar-refractivity contribution in [3.05, 3.63) is 71.6 Å². The van der Waals surface area contributed by atoms with Crippen LogP contribution in [0.3, 0.4) is 0 Å². The van der Waals surface area contributed by atoms with E-state index in [1.54, 1.807) is 30.3 Å². The highest BCUT2D eigenvalue weighted by atomic mass is 19.4. The molecule has 1 unspecified atom stereocenters. The number of rotatable bonds is 7. The van der Waals surface area contributed by atoms with Crippen LogP contribution in [0.1, 0.15) is 37.0 Å². The fraction of sp³-hybridized carbons (Fsp3) is 0.227. The van der Waals surface area contributed by atoms with Crippen molar-refractivity contribution in [2.24, 2.45) is 0 Å². The summed E-state index contributed by atoms with van der Waals surface area (Å²) < 4.78 is 54.2. The molecule has 6 nitrogen and oxygen atoms in total. The number of nitrogens with zero attached hydrogens (tertiary/aromatic N) is 2. The first-order chi connectivity index (χ1) is 14.8. The van der Waals surface area contributed by atoms with Gasteiger partial charge in [-0.05, 0) is 49.8 Å². The zero-order valence-corrected chi connectivity index (χ0v) is 16.7. The number of halogens is 3. The summed E-state index contributed by atoms with van der Waals surface area (Å²) in [6.45, 7) is 3.97. The summed E-state index contributed by atoms with van der Waals surface area (Å²) >= 11 is 0. The molecule has 162 valence electrons. The fourth-order valence-electron chi connectivity index (χ4n) is 2.62. The minimum absolute atomic E-state index is 0.0322. The first kappa shape index (κ1) is 22.1. The van der Waals surface area contributed by atoms with Crippen LogP contribution in [0.2, 0.25) is 0 Å². The highest BCUT2D eigenvalue weighted by Crippen LogP contribution is 2.31. The normalized spacial score (nSPS) is 12.7. The smallest absolute Gasteiger partial charge is 0.416 e. The van der Waals surface area contributed by atoms with Crippen LogP contribution in [0, 0.1) is 0 Å². The predicted octanol–water partition coefficient (Wildman–Crippen LogP) is 5.47. The molecule has 0 spiro atoms. The van der Waals surface area contributed by atoms with Crippen molar-refractivity contribution in [3.8, 4) is 17.1 Å². The van der Waals surface area contributed by atoms with Crippen molar-refractivity contribution in [1.82, 2.24) is 10.1 Å².